The van der Waals surface area contributed by atoms with E-state index >= 15 is 0 Å². The van der Waals surface area contributed by atoms with Crippen LogP contribution in [0.15, 0.2) is 0 Å². The molecule has 4 fully saturated rings. The lowest BCUT2D eigenvalue weighted by Crippen LogP contribution is -2.68. The number of nitrogens with one attached hydrogen (secondary N) is 1. The number of carbonyl (C=O) groups excluding carboxylic acids is 1. The lowest BCUT2D eigenvalue weighted by molar-refractivity contribution is -0.109. The van der Waals surface area contributed by atoms with Gasteiger partial charge in [-0.1, -0.05) is 46.0 Å². The minimum atomic E-state index is 0.0788. The third-order valence-corrected chi connectivity index (χ3v) is 7.35. The second-order valence-electron chi connectivity index (χ2n) is 9.22. The van der Waals surface area contributed by atoms with Gasteiger partial charge < -0.3 is 15.0 Å². The van der Waals surface area contributed by atoms with Crippen LogP contribution in [0.1, 0.15) is 71.6 Å². The smallest absolute Gasteiger partial charge is 0.317 e. The molecule has 1 N–H and O–H groups in total. The normalized spacial score (nSPS) is 38.7. The summed E-state index contributed by atoms with van der Waals surface area (Å²) in [5, 5.41) is 3.39. The summed E-state index contributed by atoms with van der Waals surface area (Å²) >= 11 is 0. The number of ether oxygens (including phenoxy) is 1. The first kappa shape index (κ1) is 16.7. The highest BCUT2D eigenvalue weighted by molar-refractivity contribution is 5.75. The van der Waals surface area contributed by atoms with Crippen molar-refractivity contribution in [3.05, 3.63) is 0 Å². The van der Waals surface area contributed by atoms with Crippen molar-refractivity contribution in [3.8, 4) is 0 Å². The summed E-state index contributed by atoms with van der Waals surface area (Å²) in [6.45, 7) is 6.29. The van der Waals surface area contributed by atoms with Gasteiger partial charge in [-0.05, 0) is 31.6 Å². The van der Waals surface area contributed by atoms with Gasteiger partial charge >= 0.3 is 6.03 Å². The van der Waals surface area contributed by atoms with Crippen LogP contribution in [0.3, 0.4) is 0 Å². The summed E-state index contributed by atoms with van der Waals surface area (Å²) in [7, 11) is 0. The molecule has 2 amide bonds. The highest BCUT2D eigenvalue weighted by atomic mass is 16.5. The van der Waals surface area contributed by atoms with Crippen molar-refractivity contribution in [2.75, 3.05) is 13.2 Å². The van der Waals surface area contributed by atoms with Gasteiger partial charge in [0.05, 0.1) is 6.10 Å². The van der Waals surface area contributed by atoms with E-state index in [0.29, 0.717) is 18.1 Å². The number of hydrogen-bond acceptors (Lipinski definition) is 2. The summed E-state index contributed by atoms with van der Waals surface area (Å²) in [6.07, 6.45) is 12.0. The van der Waals surface area contributed by atoms with Gasteiger partial charge in [-0.15, -0.1) is 0 Å². The molecule has 0 aromatic carbocycles. The molecule has 2 aliphatic heterocycles. The molecule has 2 saturated carbocycles. The lowest BCUT2D eigenvalue weighted by atomic mass is 9.57. The molecule has 4 atom stereocenters. The van der Waals surface area contributed by atoms with E-state index in [0.717, 1.165) is 25.5 Å². The van der Waals surface area contributed by atoms with Crippen LogP contribution in [0.5, 0.6) is 0 Å². The van der Waals surface area contributed by atoms with Crippen LogP contribution < -0.4 is 5.32 Å². The number of fused-ring (bicyclic) bond motifs is 1. The average molecular weight is 335 g/mol. The van der Waals surface area contributed by atoms with Crippen LogP contribution >= 0.6 is 0 Å². The first-order chi connectivity index (χ1) is 11.6. The Bertz CT molecular complexity index is 472. The molecule has 2 saturated heterocycles. The number of hydrogen-bond donors (Lipinski definition) is 1. The monoisotopic (exact) mass is 334 g/mol. The van der Waals surface area contributed by atoms with Gasteiger partial charge in [-0.3, -0.25) is 0 Å². The molecule has 0 bridgehead atoms. The number of carbonyl (C=O) groups is 1. The van der Waals surface area contributed by atoms with Gasteiger partial charge in [0.25, 0.3) is 0 Å². The highest BCUT2D eigenvalue weighted by Crippen LogP contribution is 2.52. The van der Waals surface area contributed by atoms with Crippen molar-refractivity contribution in [2.24, 2.45) is 17.3 Å². The summed E-state index contributed by atoms with van der Waals surface area (Å²) in [5.74, 6) is 1.38. The van der Waals surface area contributed by atoms with E-state index in [2.05, 4.69) is 24.1 Å². The van der Waals surface area contributed by atoms with Crippen LogP contribution in [-0.2, 0) is 4.74 Å². The Labute approximate surface area is 146 Å². The summed E-state index contributed by atoms with van der Waals surface area (Å²) < 4.78 is 5.86. The van der Waals surface area contributed by atoms with Gasteiger partial charge in [-0.25, -0.2) is 4.79 Å². The van der Waals surface area contributed by atoms with Crippen LogP contribution in [0.4, 0.5) is 4.79 Å². The van der Waals surface area contributed by atoms with E-state index in [-0.39, 0.29) is 17.5 Å². The Morgan fingerprint density at radius 1 is 1.12 bits per heavy atom. The maximum atomic E-state index is 13.0. The van der Waals surface area contributed by atoms with Crippen LogP contribution in [0.2, 0.25) is 0 Å². The molecule has 0 radical (unpaired) electrons. The first-order valence-corrected chi connectivity index (χ1v) is 10.3. The van der Waals surface area contributed by atoms with E-state index in [4.69, 9.17) is 4.74 Å². The van der Waals surface area contributed by atoms with Gasteiger partial charge in [0, 0.05) is 36.6 Å². The Kier molecular flexibility index (Phi) is 4.53. The summed E-state index contributed by atoms with van der Waals surface area (Å²) in [5.41, 5.74) is 0.0788. The predicted molar refractivity (Wildman–Crippen MR) is 94.9 cm³/mol. The molecule has 136 valence electrons. The first-order valence-electron chi connectivity index (χ1n) is 10.3. The minimum Gasteiger partial charge on any atom is -0.377 e. The number of rotatable bonds is 3. The van der Waals surface area contributed by atoms with Gasteiger partial charge in [-0.2, -0.15) is 0 Å². The summed E-state index contributed by atoms with van der Waals surface area (Å²) in [4.78, 5) is 15.1. The third kappa shape index (κ3) is 2.85. The Morgan fingerprint density at radius 3 is 2.71 bits per heavy atom. The largest absolute Gasteiger partial charge is 0.377 e. The molecule has 4 rings (SSSR count). The minimum absolute atomic E-state index is 0.0788. The Balaban J connectivity index is 1.35. The molecule has 4 aliphatic rings. The fourth-order valence-electron chi connectivity index (χ4n) is 5.99. The molecular formula is C20H34N2O2. The molecule has 0 spiro atoms. The number of urea groups is 1. The van der Waals surface area contributed by atoms with Crippen molar-refractivity contribution >= 4 is 6.03 Å². The SMILES string of the molecule is CC1(C)[C@H](NC(=O)N2CCC[C@@H]2CC2CCCCC2)[C@@H]2CCO[C@@H]21. The number of likely N-dealkylation sites (tertiary alicyclic amines) is 1. The maximum Gasteiger partial charge on any atom is 0.317 e. The Hall–Kier alpha value is -0.770. The number of nitrogens with zero attached hydrogens (tertiary/aromatic N) is 1. The standard InChI is InChI=1S/C20H34N2O2/c1-20(2)17(16-10-12-24-18(16)20)21-19(23)22-11-6-9-15(22)13-14-7-4-3-5-8-14/h14-18H,3-13H2,1-2H3,(H,21,23)/t15-,16+,17-,18+/m1/s1. The fourth-order valence-corrected chi connectivity index (χ4v) is 5.99. The van der Waals surface area contributed by atoms with Crippen LogP contribution in [0, 0.1) is 17.3 Å². The molecule has 2 heterocycles. The number of amides is 2. The van der Waals surface area contributed by atoms with Gasteiger partial charge in [0.15, 0.2) is 0 Å². The van der Waals surface area contributed by atoms with Crippen molar-refractivity contribution in [1.29, 1.82) is 0 Å². The van der Waals surface area contributed by atoms with Gasteiger partial charge in [0.1, 0.15) is 0 Å². The summed E-state index contributed by atoms with van der Waals surface area (Å²) in [6, 6.07) is 0.956. The topological polar surface area (TPSA) is 41.6 Å². The van der Waals surface area contributed by atoms with Crippen molar-refractivity contribution < 1.29 is 9.53 Å². The van der Waals surface area contributed by atoms with E-state index in [1.807, 2.05) is 0 Å². The fraction of sp³-hybridized carbons (Fsp3) is 0.950. The van der Waals surface area contributed by atoms with Crippen molar-refractivity contribution in [2.45, 2.75) is 89.8 Å². The highest BCUT2D eigenvalue weighted by Gasteiger charge is 2.60. The molecule has 4 heteroatoms. The van der Waals surface area contributed by atoms with E-state index in [1.165, 1.54) is 51.4 Å². The van der Waals surface area contributed by atoms with Crippen molar-refractivity contribution in [1.82, 2.24) is 10.2 Å². The van der Waals surface area contributed by atoms with Crippen LogP contribution in [0.25, 0.3) is 0 Å². The third-order valence-electron chi connectivity index (χ3n) is 7.35. The van der Waals surface area contributed by atoms with Gasteiger partial charge in [0.2, 0.25) is 0 Å². The molecule has 0 aromatic rings. The molecule has 0 aromatic heterocycles. The van der Waals surface area contributed by atoms with E-state index < -0.39 is 0 Å². The average Bonchev–Trinajstić information content (AvgIpc) is 3.21. The molecule has 24 heavy (non-hydrogen) atoms. The second kappa shape index (κ2) is 6.51. The Morgan fingerprint density at radius 2 is 1.92 bits per heavy atom. The molecule has 2 aliphatic carbocycles. The zero-order valence-electron chi connectivity index (χ0n) is 15.4. The van der Waals surface area contributed by atoms with E-state index in [1.54, 1.807) is 0 Å². The molecular weight excluding hydrogens is 300 g/mol. The molecule has 0 unspecified atom stereocenters. The van der Waals surface area contributed by atoms with Crippen LogP contribution in [-0.4, -0.2) is 42.3 Å². The quantitative estimate of drug-likeness (QED) is 0.849. The predicted octanol–water partition coefficient (Wildman–Crippen LogP) is 3.94. The zero-order valence-corrected chi connectivity index (χ0v) is 15.4. The second-order valence-corrected chi connectivity index (χ2v) is 9.22. The zero-order chi connectivity index (χ0) is 16.7. The lowest BCUT2D eigenvalue weighted by Gasteiger charge is -2.54. The van der Waals surface area contributed by atoms with E-state index in [9.17, 15) is 4.79 Å². The maximum absolute atomic E-state index is 13.0. The van der Waals surface area contributed by atoms with Crippen molar-refractivity contribution in [3.63, 3.8) is 0 Å². The molecule has 4 nitrogen and oxygen atoms in total.